The number of nitrogens with zero attached hydrogens (tertiary/aromatic N) is 3. The summed E-state index contributed by atoms with van der Waals surface area (Å²) in [7, 11) is -3.10. The molecular formula is C17H23N3O5S. The fraction of sp³-hybridized carbons (Fsp3) is 0.588. The van der Waals surface area contributed by atoms with Crippen molar-refractivity contribution in [1.82, 2.24) is 4.90 Å². The summed E-state index contributed by atoms with van der Waals surface area (Å²) in [6.45, 7) is 3.95. The predicted molar refractivity (Wildman–Crippen MR) is 98.3 cm³/mol. The van der Waals surface area contributed by atoms with Gasteiger partial charge in [-0.2, -0.15) is 0 Å². The molecule has 0 aromatic heterocycles. The van der Waals surface area contributed by atoms with E-state index in [1.54, 1.807) is 17.0 Å². The normalized spacial score (nSPS) is 22.9. The summed E-state index contributed by atoms with van der Waals surface area (Å²) in [5.74, 6) is -0.193. The van der Waals surface area contributed by atoms with Crippen LogP contribution in [0.3, 0.4) is 0 Å². The van der Waals surface area contributed by atoms with Crippen molar-refractivity contribution in [2.45, 2.75) is 19.8 Å². The topological polar surface area (TPSA) is 101 Å². The molecule has 0 N–H and O–H groups in total. The van der Waals surface area contributed by atoms with Crippen molar-refractivity contribution >= 4 is 27.1 Å². The number of carbonyl (C=O) groups excluding carboxylic acids is 1. The van der Waals surface area contributed by atoms with Gasteiger partial charge < -0.3 is 9.80 Å². The second-order valence-electron chi connectivity index (χ2n) is 7.12. The van der Waals surface area contributed by atoms with E-state index in [1.165, 1.54) is 6.07 Å². The lowest BCUT2D eigenvalue weighted by Gasteiger charge is -2.25. The second kappa shape index (κ2) is 7.22. The van der Waals surface area contributed by atoms with E-state index >= 15 is 0 Å². The minimum Gasteiger partial charge on any atom is -0.370 e. The largest absolute Gasteiger partial charge is 0.370 e. The molecule has 3 rings (SSSR count). The van der Waals surface area contributed by atoms with Gasteiger partial charge in [0, 0.05) is 37.9 Å². The van der Waals surface area contributed by atoms with E-state index in [4.69, 9.17) is 0 Å². The molecule has 8 nitrogen and oxygen atoms in total. The highest BCUT2D eigenvalue weighted by Crippen LogP contribution is 2.29. The van der Waals surface area contributed by atoms with Crippen molar-refractivity contribution in [3.05, 3.63) is 33.9 Å². The molecule has 2 heterocycles. The highest BCUT2D eigenvalue weighted by molar-refractivity contribution is 7.91. The van der Waals surface area contributed by atoms with Gasteiger partial charge in [0.2, 0.25) is 0 Å². The van der Waals surface area contributed by atoms with E-state index in [2.05, 4.69) is 0 Å². The van der Waals surface area contributed by atoms with Crippen molar-refractivity contribution in [2.24, 2.45) is 5.92 Å². The minimum absolute atomic E-state index is 0.0454. The first kappa shape index (κ1) is 18.6. The highest BCUT2D eigenvalue weighted by atomic mass is 32.2. The number of anilines is 1. The third kappa shape index (κ3) is 3.98. The first-order chi connectivity index (χ1) is 12.3. The molecule has 2 fully saturated rings. The Morgan fingerprint density at radius 3 is 2.58 bits per heavy atom. The van der Waals surface area contributed by atoms with Gasteiger partial charge in [-0.05, 0) is 30.9 Å². The summed E-state index contributed by atoms with van der Waals surface area (Å²) in [4.78, 5) is 27.1. The number of nitro benzene ring substituents is 1. The Hall–Kier alpha value is -2.16. The van der Waals surface area contributed by atoms with Crippen molar-refractivity contribution in [3.8, 4) is 0 Å². The zero-order valence-corrected chi connectivity index (χ0v) is 15.6. The lowest BCUT2D eigenvalue weighted by atomic mass is 10.1. The molecule has 2 aliphatic heterocycles. The summed E-state index contributed by atoms with van der Waals surface area (Å²) >= 11 is 0. The van der Waals surface area contributed by atoms with Crippen LogP contribution in [-0.4, -0.2) is 61.8 Å². The fourth-order valence-electron chi connectivity index (χ4n) is 3.66. The van der Waals surface area contributed by atoms with Gasteiger partial charge in [-0.15, -0.1) is 0 Å². The van der Waals surface area contributed by atoms with Crippen LogP contribution in [0.4, 0.5) is 11.4 Å². The Balaban J connectivity index is 1.94. The number of carbonyl (C=O) groups is 1. The standard InChI is InChI=1S/C17H23N3O5S/c1-13-11-19(8-9-26(24,25)12-13)14-4-5-16(20(22)23)15(10-14)17(21)18-6-2-3-7-18/h4-5,10,13H,2-3,6-9,11-12H2,1H3/t13-/m1/s1. The number of amides is 1. The highest BCUT2D eigenvalue weighted by Gasteiger charge is 2.29. The average Bonchev–Trinajstić information content (AvgIpc) is 3.06. The molecule has 0 bridgehead atoms. The van der Waals surface area contributed by atoms with Gasteiger partial charge in [0.15, 0.2) is 9.84 Å². The van der Waals surface area contributed by atoms with Crippen molar-refractivity contribution in [2.75, 3.05) is 42.6 Å². The van der Waals surface area contributed by atoms with Gasteiger partial charge in [0.25, 0.3) is 11.6 Å². The van der Waals surface area contributed by atoms with Crippen LogP contribution in [0.25, 0.3) is 0 Å². The monoisotopic (exact) mass is 381 g/mol. The molecule has 26 heavy (non-hydrogen) atoms. The number of likely N-dealkylation sites (tertiary alicyclic amines) is 1. The molecule has 2 saturated heterocycles. The van der Waals surface area contributed by atoms with Gasteiger partial charge in [-0.25, -0.2) is 8.42 Å². The molecule has 0 spiro atoms. The van der Waals surface area contributed by atoms with E-state index in [1.807, 2.05) is 11.8 Å². The van der Waals surface area contributed by atoms with Gasteiger partial charge in [-0.1, -0.05) is 6.92 Å². The van der Waals surface area contributed by atoms with Crippen molar-refractivity contribution in [3.63, 3.8) is 0 Å². The van der Waals surface area contributed by atoms with Gasteiger partial charge in [0.05, 0.1) is 16.4 Å². The first-order valence-corrected chi connectivity index (χ1v) is 10.6. The Morgan fingerprint density at radius 1 is 1.23 bits per heavy atom. The van der Waals surface area contributed by atoms with Crippen LogP contribution < -0.4 is 4.90 Å². The maximum Gasteiger partial charge on any atom is 0.282 e. The zero-order valence-electron chi connectivity index (χ0n) is 14.8. The van der Waals surface area contributed by atoms with Crippen LogP contribution in [0.2, 0.25) is 0 Å². The van der Waals surface area contributed by atoms with Crippen LogP contribution in [0.15, 0.2) is 18.2 Å². The third-order valence-electron chi connectivity index (χ3n) is 4.91. The average molecular weight is 381 g/mol. The molecule has 1 amide bonds. The molecule has 2 aliphatic rings. The van der Waals surface area contributed by atoms with Crippen molar-refractivity contribution in [1.29, 1.82) is 0 Å². The number of benzene rings is 1. The summed E-state index contributed by atoms with van der Waals surface area (Å²) in [5, 5.41) is 11.4. The molecule has 0 radical (unpaired) electrons. The van der Waals surface area contributed by atoms with Gasteiger partial charge >= 0.3 is 0 Å². The Bertz CT molecular complexity index is 818. The van der Waals surface area contributed by atoms with E-state index in [0.29, 0.717) is 31.9 Å². The number of hydrogen-bond donors (Lipinski definition) is 0. The maximum atomic E-state index is 12.7. The zero-order chi connectivity index (χ0) is 18.9. The Labute approximate surface area is 152 Å². The smallest absolute Gasteiger partial charge is 0.282 e. The van der Waals surface area contributed by atoms with Crippen LogP contribution >= 0.6 is 0 Å². The molecule has 1 aromatic carbocycles. The second-order valence-corrected chi connectivity index (χ2v) is 9.35. The number of sulfone groups is 1. The number of rotatable bonds is 3. The summed E-state index contributed by atoms with van der Waals surface area (Å²) < 4.78 is 23.9. The van der Waals surface area contributed by atoms with E-state index in [0.717, 1.165) is 12.8 Å². The van der Waals surface area contributed by atoms with Crippen molar-refractivity contribution < 1.29 is 18.1 Å². The quantitative estimate of drug-likeness (QED) is 0.583. The number of hydrogen-bond acceptors (Lipinski definition) is 6. The molecule has 0 unspecified atom stereocenters. The first-order valence-electron chi connectivity index (χ1n) is 8.80. The van der Waals surface area contributed by atoms with Crippen LogP contribution in [-0.2, 0) is 9.84 Å². The summed E-state index contributed by atoms with van der Waals surface area (Å²) in [5.41, 5.74) is 0.525. The molecule has 0 saturated carbocycles. The van der Waals surface area contributed by atoms with E-state index in [9.17, 15) is 23.3 Å². The molecule has 142 valence electrons. The van der Waals surface area contributed by atoms with Gasteiger partial charge in [0.1, 0.15) is 5.56 Å². The lowest BCUT2D eigenvalue weighted by molar-refractivity contribution is -0.385. The lowest BCUT2D eigenvalue weighted by Crippen LogP contribution is -2.31. The van der Waals surface area contributed by atoms with Crippen LogP contribution in [0.5, 0.6) is 0 Å². The third-order valence-corrected chi connectivity index (χ3v) is 6.79. The van der Waals surface area contributed by atoms with Crippen LogP contribution in [0.1, 0.15) is 30.1 Å². The van der Waals surface area contributed by atoms with Gasteiger partial charge in [-0.3, -0.25) is 14.9 Å². The predicted octanol–water partition coefficient (Wildman–Crippen LogP) is 1.70. The minimum atomic E-state index is -3.10. The number of nitro groups is 1. The molecule has 9 heteroatoms. The van der Waals surface area contributed by atoms with Crippen LogP contribution in [0, 0.1) is 16.0 Å². The molecule has 1 aromatic rings. The SMILES string of the molecule is C[C@@H]1CN(c2ccc([N+](=O)[O-])c(C(=O)N3CCCC3)c2)CCS(=O)(=O)C1. The molecular weight excluding hydrogens is 358 g/mol. The summed E-state index contributed by atoms with van der Waals surface area (Å²) in [6, 6.07) is 4.50. The Morgan fingerprint density at radius 2 is 1.92 bits per heavy atom. The van der Waals surface area contributed by atoms with E-state index < -0.39 is 14.8 Å². The molecule has 0 aliphatic carbocycles. The van der Waals surface area contributed by atoms with E-state index in [-0.39, 0.29) is 34.6 Å². The summed E-state index contributed by atoms with van der Waals surface area (Å²) in [6.07, 6.45) is 1.81. The maximum absolute atomic E-state index is 12.7. The fourth-order valence-corrected chi connectivity index (χ4v) is 5.30. The molecule has 1 atom stereocenters. The Kier molecular flexibility index (Phi) is 5.17.